The molecule has 0 unspecified atom stereocenters. The van der Waals surface area contributed by atoms with E-state index >= 15 is 0 Å². The highest BCUT2D eigenvalue weighted by atomic mass is 32.1. The molecule has 3 saturated heterocycles. The number of thiophene rings is 1. The van der Waals surface area contributed by atoms with Crippen molar-refractivity contribution in [3.63, 3.8) is 0 Å². The quantitative estimate of drug-likeness (QED) is 0.529. The van der Waals surface area contributed by atoms with E-state index in [-0.39, 0.29) is 0 Å². The molecule has 4 nitrogen and oxygen atoms in total. The van der Waals surface area contributed by atoms with Gasteiger partial charge in [-0.3, -0.25) is 4.90 Å². The van der Waals surface area contributed by atoms with Crippen molar-refractivity contribution in [2.75, 3.05) is 26.7 Å². The second kappa shape index (κ2) is 7.22. The molecular weight excluding hydrogens is 368 g/mol. The summed E-state index contributed by atoms with van der Waals surface area (Å²) in [5.74, 6) is 1.86. The molecule has 28 heavy (non-hydrogen) atoms. The average molecular weight is 394 g/mol. The molecule has 4 heterocycles. The van der Waals surface area contributed by atoms with E-state index in [9.17, 15) is 5.11 Å². The molecule has 6 rings (SSSR count). The van der Waals surface area contributed by atoms with Crippen LogP contribution >= 0.6 is 11.3 Å². The van der Waals surface area contributed by atoms with Gasteiger partial charge in [0.05, 0.1) is 13.7 Å². The Labute approximate surface area is 169 Å². The Morgan fingerprint density at radius 3 is 2.68 bits per heavy atom. The third kappa shape index (κ3) is 3.29. The summed E-state index contributed by atoms with van der Waals surface area (Å²) in [6.07, 6.45) is 2.47. The monoisotopic (exact) mass is 393 g/mol. The summed E-state index contributed by atoms with van der Waals surface area (Å²) in [5.41, 5.74) is 2.29. The molecule has 1 aromatic heterocycles. The molecule has 144 valence electrons. The minimum absolute atomic E-state index is 0.322. The van der Waals surface area contributed by atoms with Crippen LogP contribution in [0.25, 0.3) is 21.2 Å². The summed E-state index contributed by atoms with van der Waals surface area (Å²) in [7, 11) is 1.69. The van der Waals surface area contributed by atoms with Crippen LogP contribution in [0.2, 0.25) is 0 Å². The van der Waals surface area contributed by atoms with E-state index in [1.165, 1.54) is 30.6 Å². The fourth-order valence-electron chi connectivity index (χ4n) is 4.51. The standard InChI is InChI=1S/C23H24N2O2S/c1-27-19-4-2-3-16(11-19)17-5-6-18-13-22(28-21(18)12-17)23(26)24-20-14-25-9-7-15(20)8-10-25/h2-6,11-13,15,20H,7-10,14H2,1H3,(H,24,26)/p+1/t20-/m0/s1. The highest BCUT2D eigenvalue weighted by Crippen LogP contribution is 2.31. The van der Waals surface area contributed by atoms with Crippen molar-refractivity contribution in [2.24, 2.45) is 5.92 Å². The summed E-state index contributed by atoms with van der Waals surface area (Å²) in [5, 5.41) is 11.9. The molecule has 0 aliphatic carbocycles. The predicted molar refractivity (Wildman–Crippen MR) is 114 cm³/mol. The highest BCUT2D eigenvalue weighted by molar-refractivity contribution is 7.20. The molecular formula is C23H25N2O2S+. The lowest BCUT2D eigenvalue weighted by Gasteiger charge is -2.40. The van der Waals surface area contributed by atoms with Gasteiger partial charge in [-0.2, -0.15) is 0 Å². The Hall–Kier alpha value is -2.37. The molecule has 0 saturated carbocycles. The Morgan fingerprint density at radius 1 is 1.11 bits per heavy atom. The van der Waals surface area contributed by atoms with E-state index < -0.39 is 0 Å². The minimum Gasteiger partial charge on any atom is -0.497 e. The summed E-state index contributed by atoms with van der Waals surface area (Å²) < 4.78 is 6.53. The number of hydrogen-bond acceptors (Lipinski definition) is 3. The third-order valence-electron chi connectivity index (χ3n) is 6.13. The Morgan fingerprint density at radius 2 is 1.93 bits per heavy atom. The van der Waals surface area contributed by atoms with Crippen molar-refractivity contribution in [3.8, 4) is 16.9 Å². The van der Waals surface area contributed by atoms with Gasteiger partial charge in [-0.25, -0.2) is 4.99 Å². The molecule has 2 bridgehead atoms. The number of nitrogens with one attached hydrogen (secondary N) is 1. The van der Waals surface area contributed by atoms with Gasteiger partial charge in [0.25, 0.3) is 0 Å². The van der Waals surface area contributed by atoms with E-state index in [1.807, 2.05) is 18.2 Å². The number of aliphatic hydroxyl groups is 1. The summed E-state index contributed by atoms with van der Waals surface area (Å²) in [4.78, 5) is 6.82. The maximum atomic E-state index is 10.7. The van der Waals surface area contributed by atoms with Gasteiger partial charge < -0.3 is 9.84 Å². The largest absolute Gasteiger partial charge is 0.497 e. The van der Waals surface area contributed by atoms with E-state index in [2.05, 4.69) is 40.2 Å². The first-order chi connectivity index (χ1) is 13.7. The first kappa shape index (κ1) is 17.7. The van der Waals surface area contributed by atoms with Crippen LogP contribution in [0.1, 0.15) is 17.7 Å². The Balaban J connectivity index is 1.44. The zero-order chi connectivity index (χ0) is 19.1. The second-order valence-corrected chi connectivity index (χ2v) is 8.92. The number of rotatable bonds is 4. The van der Waals surface area contributed by atoms with Crippen LogP contribution in [0.5, 0.6) is 5.75 Å². The van der Waals surface area contributed by atoms with E-state index in [4.69, 9.17) is 4.74 Å². The fraction of sp³-hybridized carbons (Fsp3) is 0.348. The van der Waals surface area contributed by atoms with Crippen molar-refractivity contribution in [3.05, 3.63) is 53.4 Å². The lowest BCUT2D eigenvalue weighted by molar-refractivity contribution is -0.529. The van der Waals surface area contributed by atoms with E-state index in [1.54, 1.807) is 18.4 Å². The van der Waals surface area contributed by atoms with Crippen LogP contribution in [0.3, 0.4) is 0 Å². The van der Waals surface area contributed by atoms with Gasteiger partial charge in [0.2, 0.25) is 0 Å². The minimum atomic E-state index is 0.322. The van der Waals surface area contributed by atoms with Crippen LogP contribution in [0.4, 0.5) is 0 Å². The highest BCUT2D eigenvalue weighted by Gasteiger charge is 2.38. The normalized spacial score (nSPS) is 24.6. The van der Waals surface area contributed by atoms with E-state index in [0.717, 1.165) is 33.7 Å². The summed E-state index contributed by atoms with van der Waals surface area (Å²) in [6.45, 7) is 3.46. The molecule has 2 N–H and O–H groups in total. The molecule has 5 heteroatoms. The first-order valence-corrected chi connectivity index (χ1v) is 10.7. The van der Waals surface area contributed by atoms with Crippen molar-refractivity contribution in [1.82, 2.24) is 4.90 Å². The first-order valence-electron chi connectivity index (χ1n) is 9.93. The molecule has 3 aromatic rings. The molecule has 1 atom stereocenters. The molecule has 3 fully saturated rings. The number of ether oxygens (including phenoxy) is 1. The molecule has 0 spiro atoms. The number of methoxy groups -OCH3 is 1. The van der Waals surface area contributed by atoms with Gasteiger partial charge in [0.1, 0.15) is 10.6 Å². The summed E-state index contributed by atoms with van der Waals surface area (Å²) >= 11 is 1.64. The smallest absolute Gasteiger partial charge is 0.376 e. The van der Waals surface area contributed by atoms with Crippen molar-refractivity contribution in [2.45, 2.75) is 18.9 Å². The lowest BCUT2D eigenvalue weighted by atomic mass is 9.84. The maximum Gasteiger partial charge on any atom is 0.376 e. The number of piperidine rings is 3. The van der Waals surface area contributed by atoms with Gasteiger partial charge in [-0.15, -0.1) is 11.3 Å². The van der Waals surface area contributed by atoms with Crippen LogP contribution in [0.15, 0.2) is 48.5 Å². The Bertz CT molecular complexity index is 1030. The third-order valence-corrected chi connectivity index (χ3v) is 7.24. The lowest BCUT2D eigenvalue weighted by Crippen LogP contribution is -2.86. The average Bonchev–Trinajstić information content (AvgIpc) is 3.18. The molecule has 3 aliphatic heterocycles. The van der Waals surface area contributed by atoms with Crippen LogP contribution < -0.4 is 9.73 Å². The predicted octanol–water partition coefficient (Wildman–Crippen LogP) is 3.06. The van der Waals surface area contributed by atoms with Gasteiger partial charge in [0.15, 0.2) is 6.04 Å². The Kier molecular flexibility index (Phi) is 4.57. The van der Waals surface area contributed by atoms with Crippen molar-refractivity contribution < 1.29 is 14.8 Å². The van der Waals surface area contributed by atoms with Crippen LogP contribution in [-0.2, 0) is 0 Å². The van der Waals surface area contributed by atoms with Gasteiger partial charge in [-0.1, -0.05) is 24.3 Å². The van der Waals surface area contributed by atoms with Crippen LogP contribution in [-0.4, -0.2) is 48.7 Å². The SMILES string of the molecule is COc1cccc(-c2ccc3cc(C(O)=[NH+][C@H]4CN5CCC4CC5)sc3c2)c1. The number of benzene rings is 2. The number of hydrogen-bond donors (Lipinski definition) is 2. The van der Waals surface area contributed by atoms with Crippen LogP contribution in [0, 0.1) is 5.92 Å². The molecule has 0 radical (unpaired) electrons. The van der Waals surface area contributed by atoms with Gasteiger partial charge in [0, 0.05) is 10.6 Å². The maximum absolute atomic E-state index is 10.7. The number of nitrogens with zero attached hydrogens (tertiary/aromatic N) is 1. The van der Waals surface area contributed by atoms with Crippen molar-refractivity contribution in [1.29, 1.82) is 0 Å². The van der Waals surface area contributed by atoms with Gasteiger partial charge >= 0.3 is 5.90 Å². The second-order valence-electron chi connectivity index (χ2n) is 7.83. The number of fused-ring (bicyclic) bond motifs is 4. The fourth-order valence-corrected chi connectivity index (χ4v) is 5.51. The van der Waals surface area contributed by atoms with Crippen molar-refractivity contribution >= 4 is 27.3 Å². The molecule has 3 aliphatic rings. The molecule has 0 amide bonds. The number of aliphatic hydroxyl groups excluding tert-OH is 1. The van der Waals surface area contributed by atoms with E-state index in [0.29, 0.717) is 17.9 Å². The zero-order valence-corrected chi connectivity index (χ0v) is 16.8. The molecule has 2 aromatic carbocycles. The zero-order valence-electron chi connectivity index (χ0n) is 16.0. The van der Waals surface area contributed by atoms with Gasteiger partial charge in [-0.05, 0) is 66.7 Å². The topological polar surface area (TPSA) is 46.7 Å². The summed E-state index contributed by atoms with van der Waals surface area (Å²) in [6, 6.07) is 17.0.